The molecule has 0 spiro atoms. The number of aryl methyl sites for hydroxylation is 1. The Morgan fingerprint density at radius 1 is 1.37 bits per heavy atom. The number of likely N-dealkylation sites (tertiary alicyclic amines) is 1. The van der Waals surface area contributed by atoms with Crippen LogP contribution in [-0.4, -0.2) is 46.6 Å². The number of nitrogens with zero attached hydrogens (tertiary/aromatic N) is 4. The predicted octanol–water partition coefficient (Wildman–Crippen LogP) is 3.90. The second-order valence-electron chi connectivity index (χ2n) is 7.26. The summed E-state index contributed by atoms with van der Waals surface area (Å²) in [6.07, 6.45) is 8.03. The first-order chi connectivity index (χ1) is 12.7. The van der Waals surface area contributed by atoms with Crippen LogP contribution in [0.15, 0.2) is 48.0 Å². The molecule has 0 saturated carbocycles. The summed E-state index contributed by atoms with van der Waals surface area (Å²) in [5, 5.41) is 3.48. The minimum atomic E-state index is 0. The largest absolute Gasteiger partial charge is 0.357 e. The lowest BCUT2D eigenvalue weighted by Gasteiger charge is -2.39. The van der Waals surface area contributed by atoms with Gasteiger partial charge in [0.25, 0.3) is 0 Å². The van der Waals surface area contributed by atoms with Gasteiger partial charge < -0.3 is 14.8 Å². The predicted molar refractivity (Wildman–Crippen MR) is 123 cm³/mol. The van der Waals surface area contributed by atoms with Crippen molar-refractivity contribution in [2.24, 2.45) is 10.9 Å². The van der Waals surface area contributed by atoms with E-state index in [0.29, 0.717) is 12.0 Å². The maximum absolute atomic E-state index is 4.91. The Morgan fingerprint density at radius 2 is 2.22 bits per heavy atom. The van der Waals surface area contributed by atoms with Crippen molar-refractivity contribution in [1.29, 1.82) is 0 Å². The van der Waals surface area contributed by atoms with Crippen LogP contribution >= 0.6 is 24.0 Å². The van der Waals surface area contributed by atoms with Crippen molar-refractivity contribution in [2.45, 2.75) is 39.7 Å². The van der Waals surface area contributed by atoms with Crippen molar-refractivity contribution in [2.75, 3.05) is 26.2 Å². The average Bonchev–Trinajstić information content (AvgIpc) is 3.16. The van der Waals surface area contributed by atoms with E-state index in [1.165, 1.54) is 17.5 Å². The van der Waals surface area contributed by atoms with Crippen molar-refractivity contribution in [3.8, 4) is 0 Å². The first-order valence-electron chi connectivity index (χ1n) is 9.73. The zero-order valence-electron chi connectivity index (χ0n) is 16.6. The summed E-state index contributed by atoms with van der Waals surface area (Å²) < 4.78 is 2.24. The van der Waals surface area contributed by atoms with Crippen molar-refractivity contribution in [1.82, 2.24) is 19.8 Å². The number of benzene rings is 1. The van der Waals surface area contributed by atoms with Crippen molar-refractivity contribution in [3.05, 3.63) is 54.1 Å². The van der Waals surface area contributed by atoms with Gasteiger partial charge in [-0.3, -0.25) is 4.99 Å². The fourth-order valence-electron chi connectivity index (χ4n) is 3.68. The number of aromatic nitrogens is 2. The van der Waals surface area contributed by atoms with E-state index in [1.54, 1.807) is 0 Å². The molecule has 0 radical (unpaired) electrons. The van der Waals surface area contributed by atoms with E-state index in [1.807, 2.05) is 12.5 Å². The zero-order chi connectivity index (χ0) is 18.4. The molecule has 1 saturated heterocycles. The molecule has 0 amide bonds. The number of piperidine rings is 1. The molecule has 1 fully saturated rings. The number of hydrogen-bond acceptors (Lipinski definition) is 2. The molecule has 1 N–H and O–H groups in total. The first kappa shape index (κ1) is 21.7. The molecule has 2 atom stereocenters. The molecular formula is C21H32IN5. The standard InChI is InChI=1S/C21H31N5.HI/c1-4-23-21(24-10-8-19-7-5-6-17(2)14-19)25-12-9-18(3)20(15-25)26-13-11-22-16-26;/h5-7,11,13-14,16,18,20H,4,8-10,12,15H2,1-3H3,(H,23,24);1H. The number of rotatable bonds is 5. The summed E-state index contributed by atoms with van der Waals surface area (Å²) in [7, 11) is 0. The van der Waals surface area contributed by atoms with Crippen molar-refractivity contribution < 1.29 is 0 Å². The fourth-order valence-corrected chi connectivity index (χ4v) is 3.68. The van der Waals surface area contributed by atoms with Crippen LogP contribution in [0.1, 0.15) is 37.4 Å². The number of nitrogens with one attached hydrogen (secondary N) is 1. The molecule has 2 heterocycles. The number of imidazole rings is 1. The highest BCUT2D eigenvalue weighted by Gasteiger charge is 2.28. The molecule has 1 aromatic heterocycles. The Kier molecular flexibility index (Phi) is 8.60. The molecule has 0 bridgehead atoms. The lowest BCUT2D eigenvalue weighted by Crippen LogP contribution is -2.49. The van der Waals surface area contributed by atoms with Crippen LogP contribution < -0.4 is 5.32 Å². The Balaban J connectivity index is 0.00000261. The third-order valence-corrected chi connectivity index (χ3v) is 5.21. The molecule has 1 aliphatic heterocycles. The van der Waals surface area contributed by atoms with Crippen LogP contribution in [0.5, 0.6) is 0 Å². The molecule has 2 aromatic rings. The highest BCUT2D eigenvalue weighted by Crippen LogP contribution is 2.27. The highest BCUT2D eigenvalue weighted by atomic mass is 127. The third-order valence-electron chi connectivity index (χ3n) is 5.21. The van der Waals surface area contributed by atoms with Crippen LogP contribution in [0.4, 0.5) is 0 Å². The van der Waals surface area contributed by atoms with Crippen molar-refractivity contribution >= 4 is 29.9 Å². The quantitative estimate of drug-likeness (QED) is 0.401. The Labute approximate surface area is 180 Å². The average molecular weight is 481 g/mol. The van der Waals surface area contributed by atoms with Gasteiger partial charge in [-0.15, -0.1) is 24.0 Å². The summed E-state index contributed by atoms with van der Waals surface area (Å²) in [5.74, 6) is 1.69. The van der Waals surface area contributed by atoms with Gasteiger partial charge in [0.1, 0.15) is 0 Å². The molecule has 0 aliphatic carbocycles. The van der Waals surface area contributed by atoms with Crippen LogP contribution in [-0.2, 0) is 6.42 Å². The van der Waals surface area contributed by atoms with E-state index in [0.717, 1.165) is 38.6 Å². The summed E-state index contributed by atoms with van der Waals surface area (Å²) in [6.45, 7) is 10.4. The molecule has 3 rings (SSSR count). The van der Waals surface area contributed by atoms with Gasteiger partial charge in [-0.05, 0) is 38.2 Å². The van der Waals surface area contributed by atoms with E-state index in [2.05, 4.69) is 71.0 Å². The van der Waals surface area contributed by atoms with E-state index in [9.17, 15) is 0 Å². The lowest BCUT2D eigenvalue weighted by molar-refractivity contribution is 0.189. The highest BCUT2D eigenvalue weighted by molar-refractivity contribution is 14.0. The van der Waals surface area contributed by atoms with Gasteiger partial charge in [-0.25, -0.2) is 4.98 Å². The summed E-state index contributed by atoms with van der Waals surface area (Å²) in [4.78, 5) is 11.5. The molecule has 1 aromatic carbocycles. The SMILES string of the molecule is CCNC(=NCCc1cccc(C)c1)N1CCC(C)C(n2ccnc2)C1.I. The summed E-state index contributed by atoms with van der Waals surface area (Å²) in [6, 6.07) is 9.16. The molecule has 1 aliphatic rings. The maximum atomic E-state index is 4.91. The van der Waals surface area contributed by atoms with Crippen LogP contribution in [0, 0.1) is 12.8 Å². The number of hydrogen-bond donors (Lipinski definition) is 1. The van der Waals surface area contributed by atoms with Crippen LogP contribution in [0.2, 0.25) is 0 Å². The van der Waals surface area contributed by atoms with Gasteiger partial charge in [0, 0.05) is 38.6 Å². The van der Waals surface area contributed by atoms with Gasteiger partial charge in [-0.2, -0.15) is 0 Å². The van der Waals surface area contributed by atoms with Crippen molar-refractivity contribution in [3.63, 3.8) is 0 Å². The molecule has 2 unspecified atom stereocenters. The molecular weight excluding hydrogens is 449 g/mol. The Morgan fingerprint density at radius 3 is 2.93 bits per heavy atom. The number of aliphatic imine (C=N–C) groups is 1. The van der Waals surface area contributed by atoms with Crippen LogP contribution in [0.3, 0.4) is 0 Å². The zero-order valence-corrected chi connectivity index (χ0v) is 19.0. The first-order valence-corrected chi connectivity index (χ1v) is 9.73. The van der Waals surface area contributed by atoms with Gasteiger partial charge in [0.2, 0.25) is 0 Å². The van der Waals surface area contributed by atoms with E-state index in [4.69, 9.17) is 4.99 Å². The van der Waals surface area contributed by atoms with Crippen LogP contribution in [0.25, 0.3) is 0 Å². The number of halogens is 1. The van der Waals surface area contributed by atoms with E-state index >= 15 is 0 Å². The lowest BCUT2D eigenvalue weighted by atomic mass is 9.93. The van der Waals surface area contributed by atoms with Gasteiger partial charge in [0.15, 0.2) is 5.96 Å². The fraction of sp³-hybridized carbons (Fsp3) is 0.524. The minimum absolute atomic E-state index is 0. The van der Waals surface area contributed by atoms with Gasteiger partial charge >= 0.3 is 0 Å². The minimum Gasteiger partial charge on any atom is -0.357 e. The molecule has 148 valence electrons. The topological polar surface area (TPSA) is 45.5 Å². The normalized spacial score (nSPS) is 20.3. The van der Waals surface area contributed by atoms with Gasteiger partial charge in [-0.1, -0.05) is 36.8 Å². The molecule has 27 heavy (non-hydrogen) atoms. The van der Waals surface area contributed by atoms with Gasteiger partial charge in [0.05, 0.1) is 12.4 Å². The molecule has 5 nitrogen and oxygen atoms in total. The molecule has 6 heteroatoms. The summed E-state index contributed by atoms with van der Waals surface area (Å²) in [5.41, 5.74) is 2.67. The Hall–Kier alpha value is -1.57. The smallest absolute Gasteiger partial charge is 0.193 e. The Bertz CT molecular complexity index is 713. The second kappa shape index (κ2) is 10.7. The van der Waals surface area contributed by atoms with E-state index < -0.39 is 0 Å². The number of guanidine groups is 1. The monoisotopic (exact) mass is 481 g/mol. The maximum Gasteiger partial charge on any atom is 0.193 e. The third kappa shape index (κ3) is 5.96. The van der Waals surface area contributed by atoms with E-state index in [-0.39, 0.29) is 24.0 Å². The summed E-state index contributed by atoms with van der Waals surface area (Å²) >= 11 is 0. The second-order valence-corrected chi connectivity index (χ2v) is 7.26.